The molecule has 0 bridgehead atoms. The van der Waals surface area contributed by atoms with Crippen LogP contribution in [0.3, 0.4) is 0 Å². The highest BCUT2D eigenvalue weighted by atomic mass is 32.2. The third kappa shape index (κ3) is 4.63. The van der Waals surface area contributed by atoms with Gasteiger partial charge in [-0.3, -0.25) is 4.79 Å². The number of carbonyl (C=O) groups excluding carboxylic acids is 2. The van der Waals surface area contributed by atoms with E-state index in [9.17, 15) is 9.59 Å². The summed E-state index contributed by atoms with van der Waals surface area (Å²) in [5.74, 6) is 0.119. The lowest BCUT2D eigenvalue weighted by Gasteiger charge is -2.18. The molecule has 3 rings (SSSR count). The maximum absolute atomic E-state index is 12.7. The number of benzene rings is 2. The maximum atomic E-state index is 12.7. The number of hydrogen-bond donors (Lipinski definition) is 1. The SMILES string of the molecule is CCSc1ccccc1C(=O)O[C@@H](C(=O)NC1CC1)c1ccccc1. The Labute approximate surface area is 152 Å². The van der Waals surface area contributed by atoms with Crippen molar-refractivity contribution in [3.05, 3.63) is 65.7 Å². The summed E-state index contributed by atoms with van der Waals surface area (Å²) in [7, 11) is 0. The lowest BCUT2D eigenvalue weighted by atomic mass is 10.1. The third-order valence-electron chi connectivity index (χ3n) is 3.90. The number of carbonyl (C=O) groups is 2. The van der Waals surface area contributed by atoms with Gasteiger partial charge < -0.3 is 10.1 Å². The van der Waals surface area contributed by atoms with E-state index in [2.05, 4.69) is 5.32 Å². The molecule has 1 atom stereocenters. The molecule has 2 aromatic rings. The Kier molecular flexibility index (Phi) is 5.76. The van der Waals surface area contributed by atoms with Crippen LogP contribution in [0.4, 0.5) is 0 Å². The second-order valence-electron chi connectivity index (χ2n) is 5.91. The number of amides is 1. The van der Waals surface area contributed by atoms with Gasteiger partial charge in [0.1, 0.15) is 0 Å². The van der Waals surface area contributed by atoms with Gasteiger partial charge in [0, 0.05) is 16.5 Å². The number of esters is 1. The van der Waals surface area contributed by atoms with Crippen molar-refractivity contribution in [1.82, 2.24) is 5.32 Å². The Morgan fingerprint density at radius 2 is 1.80 bits per heavy atom. The minimum Gasteiger partial charge on any atom is -0.444 e. The molecule has 0 aromatic heterocycles. The van der Waals surface area contributed by atoms with Crippen LogP contribution in [-0.2, 0) is 9.53 Å². The molecule has 0 aliphatic heterocycles. The molecule has 0 unspecified atom stereocenters. The van der Waals surface area contributed by atoms with Gasteiger partial charge in [0.25, 0.3) is 5.91 Å². The molecule has 5 heteroatoms. The summed E-state index contributed by atoms with van der Waals surface area (Å²) in [6.07, 6.45) is 1.03. The number of thioether (sulfide) groups is 1. The first-order valence-corrected chi connectivity index (χ1v) is 9.45. The predicted molar refractivity (Wildman–Crippen MR) is 98.6 cm³/mol. The van der Waals surface area contributed by atoms with E-state index in [0.29, 0.717) is 11.1 Å². The van der Waals surface area contributed by atoms with Crippen LogP contribution in [0.15, 0.2) is 59.5 Å². The predicted octanol–water partition coefficient (Wildman–Crippen LogP) is 3.98. The summed E-state index contributed by atoms with van der Waals surface area (Å²) in [5, 5.41) is 2.93. The van der Waals surface area contributed by atoms with E-state index < -0.39 is 12.1 Å². The lowest BCUT2D eigenvalue weighted by Crippen LogP contribution is -2.33. The van der Waals surface area contributed by atoms with Gasteiger partial charge in [-0.2, -0.15) is 0 Å². The van der Waals surface area contributed by atoms with Crippen molar-refractivity contribution in [1.29, 1.82) is 0 Å². The average molecular weight is 355 g/mol. The highest BCUT2D eigenvalue weighted by Gasteiger charge is 2.31. The molecular weight excluding hydrogens is 334 g/mol. The fourth-order valence-electron chi connectivity index (χ4n) is 2.49. The number of ether oxygens (including phenoxy) is 1. The van der Waals surface area contributed by atoms with Crippen molar-refractivity contribution in [2.75, 3.05) is 5.75 Å². The van der Waals surface area contributed by atoms with Gasteiger partial charge in [0.05, 0.1) is 5.56 Å². The van der Waals surface area contributed by atoms with Crippen LogP contribution in [0.2, 0.25) is 0 Å². The normalized spacial score (nSPS) is 14.6. The van der Waals surface area contributed by atoms with E-state index >= 15 is 0 Å². The van der Waals surface area contributed by atoms with E-state index in [1.54, 1.807) is 36.0 Å². The van der Waals surface area contributed by atoms with E-state index in [4.69, 9.17) is 4.74 Å². The molecule has 1 aliphatic rings. The molecule has 130 valence electrons. The molecule has 1 N–H and O–H groups in total. The van der Waals surface area contributed by atoms with Crippen LogP contribution >= 0.6 is 11.8 Å². The van der Waals surface area contributed by atoms with Gasteiger partial charge in [-0.05, 0) is 30.7 Å². The van der Waals surface area contributed by atoms with Crippen molar-refractivity contribution in [2.45, 2.75) is 36.8 Å². The van der Waals surface area contributed by atoms with Crippen molar-refractivity contribution in [2.24, 2.45) is 0 Å². The first kappa shape index (κ1) is 17.5. The zero-order chi connectivity index (χ0) is 17.6. The summed E-state index contributed by atoms with van der Waals surface area (Å²) in [4.78, 5) is 26.2. The molecule has 0 radical (unpaired) electrons. The van der Waals surface area contributed by atoms with Crippen LogP contribution < -0.4 is 5.32 Å². The Bertz CT molecular complexity index is 744. The second-order valence-corrected chi connectivity index (χ2v) is 7.21. The van der Waals surface area contributed by atoms with Crippen LogP contribution in [0.5, 0.6) is 0 Å². The van der Waals surface area contributed by atoms with Crippen LogP contribution in [0, 0.1) is 0 Å². The smallest absolute Gasteiger partial charge is 0.340 e. The maximum Gasteiger partial charge on any atom is 0.340 e. The van der Waals surface area contributed by atoms with Crippen LogP contribution in [0.1, 0.15) is 41.8 Å². The average Bonchev–Trinajstić information content (AvgIpc) is 3.45. The molecule has 0 saturated heterocycles. The minimum absolute atomic E-state index is 0.209. The van der Waals surface area contributed by atoms with Gasteiger partial charge in [-0.25, -0.2) is 4.79 Å². The third-order valence-corrected chi connectivity index (χ3v) is 4.85. The Morgan fingerprint density at radius 3 is 2.48 bits per heavy atom. The van der Waals surface area contributed by atoms with E-state index in [0.717, 1.165) is 23.5 Å². The van der Waals surface area contributed by atoms with Crippen molar-refractivity contribution >= 4 is 23.6 Å². The molecular formula is C20H21NO3S. The molecule has 1 aliphatic carbocycles. The summed E-state index contributed by atoms with van der Waals surface area (Å²) in [6, 6.07) is 16.7. The first-order valence-electron chi connectivity index (χ1n) is 8.47. The summed E-state index contributed by atoms with van der Waals surface area (Å²) in [6.45, 7) is 2.03. The Hall–Kier alpha value is -2.27. The lowest BCUT2D eigenvalue weighted by molar-refractivity contribution is -0.130. The van der Waals surface area contributed by atoms with E-state index in [1.807, 2.05) is 37.3 Å². The van der Waals surface area contributed by atoms with Crippen LogP contribution in [0.25, 0.3) is 0 Å². The van der Waals surface area contributed by atoms with Crippen molar-refractivity contribution in [3.8, 4) is 0 Å². The van der Waals surface area contributed by atoms with E-state index in [1.165, 1.54) is 0 Å². The molecule has 25 heavy (non-hydrogen) atoms. The number of nitrogens with one attached hydrogen (secondary N) is 1. The minimum atomic E-state index is -0.936. The molecule has 4 nitrogen and oxygen atoms in total. The highest BCUT2D eigenvalue weighted by Crippen LogP contribution is 2.27. The fourth-order valence-corrected chi connectivity index (χ4v) is 3.29. The standard InChI is InChI=1S/C20H21NO3S/c1-2-25-17-11-7-6-10-16(17)20(23)24-18(14-8-4-3-5-9-14)19(22)21-15-12-13-15/h3-11,15,18H,2,12-13H2,1H3,(H,21,22)/t18-/m1/s1. The molecule has 0 heterocycles. The van der Waals surface area contributed by atoms with Crippen molar-refractivity contribution < 1.29 is 14.3 Å². The fraction of sp³-hybridized carbons (Fsp3) is 0.300. The van der Waals surface area contributed by atoms with Crippen molar-refractivity contribution in [3.63, 3.8) is 0 Å². The molecule has 1 saturated carbocycles. The monoisotopic (exact) mass is 355 g/mol. The van der Waals surface area contributed by atoms with Crippen LogP contribution in [-0.4, -0.2) is 23.7 Å². The van der Waals surface area contributed by atoms with E-state index in [-0.39, 0.29) is 11.9 Å². The van der Waals surface area contributed by atoms with Gasteiger partial charge >= 0.3 is 5.97 Å². The Morgan fingerprint density at radius 1 is 1.12 bits per heavy atom. The first-order chi connectivity index (χ1) is 12.2. The largest absolute Gasteiger partial charge is 0.444 e. The molecule has 2 aromatic carbocycles. The topological polar surface area (TPSA) is 55.4 Å². The number of rotatable bonds is 7. The molecule has 1 amide bonds. The Balaban J connectivity index is 1.82. The summed E-state index contributed by atoms with van der Waals surface area (Å²) >= 11 is 1.58. The van der Waals surface area contributed by atoms with Gasteiger partial charge in [-0.1, -0.05) is 49.4 Å². The quantitative estimate of drug-likeness (QED) is 0.603. The zero-order valence-corrected chi connectivity index (χ0v) is 14.9. The van der Waals surface area contributed by atoms with Gasteiger partial charge in [-0.15, -0.1) is 11.8 Å². The van der Waals surface area contributed by atoms with Gasteiger partial charge in [0.15, 0.2) is 0 Å². The van der Waals surface area contributed by atoms with Gasteiger partial charge in [0.2, 0.25) is 6.10 Å². The second kappa shape index (κ2) is 8.21. The molecule has 1 fully saturated rings. The zero-order valence-electron chi connectivity index (χ0n) is 14.1. The molecule has 0 spiro atoms. The summed E-state index contributed by atoms with van der Waals surface area (Å²) < 4.78 is 5.64. The summed E-state index contributed by atoms with van der Waals surface area (Å²) in [5.41, 5.74) is 1.17. The number of hydrogen-bond acceptors (Lipinski definition) is 4. The highest BCUT2D eigenvalue weighted by molar-refractivity contribution is 7.99.